The molecule has 2 fully saturated rings. The molecule has 3 rings (SSSR count). The van der Waals surface area contributed by atoms with E-state index in [0.717, 1.165) is 39.1 Å². The highest BCUT2D eigenvalue weighted by Gasteiger charge is 2.35. The molecule has 0 aliphatic carbocycles. The van der Waals surface area contributed by atoms with Crippen LogP contribution in [0.15, 0.2) is 6.33 Å². The molecule has 0 aromatic carbocycles. The lowest BCUT2D eigenvalue weighted by molar-refractivity contribution is -0.388. The highest BCUT2D eigenvalue weighted by molar-refractivity contribution is 5.55. The number of anilines is 1. The highest BCUT2D eigenvalue weighted by atomic mass is 16.6. The summed E-state index contributed by atoms with van der Waals surface area (Å²) in [6.07, 6.45) is 3.71. The molecule has 0 amide bonds. The van der Waals surface area contributed by atoms with Crippen LogP contribution in [-0.2, 0) is 11.8 Å². The number of rotatable bonds is 3. The molecule has 0 N–H and O–H groups in total. The third-order valence-corrected chi connectivity index (χ3v) is 4.22. The van der Waals surface area contributed by atoms with Crippen LogP contribution in [0, 0.1) is 22.0 Å². The molecule has 7 nitrogen and oxygen atoms in total. The van der Waals surface area contributed by atoms with Crippen molar-refractivity contribution in [1.29, 1.82) is 0 Å². The van der Waals surface area contributed by atoms with E-state index in [1.165, 1.54) is 6.33 Å². The van der Waals surface area contributed by atoms with Gasteiger partial charge in [-0.2, -0.15) is 0 Å². The topological polar surface area (TPSA) is 73.4 Å². The zero-order valence-corrected chi connectivity index (χ0v) is 11.0. The molecule has 104 valence electrons. The number of aryl methyl sites for hydroxylation is 1. The Bertz CT molecular complexity index is 481. The third-order valence-electron chi connectivity index (χ3n) is 4.22. The summed E-state index contributed by atoms with van der Waals surface area (Å²) in [5.41, 5.74) is 0. The van der Waals surface area contributed by atoms with Gasteiger partial charge >= 0.3 is 5.82 Å². The van der Waals surface area contributed by atoms with E-state index in [1.54, 1.807) is 11.6 Å². The van der Waals surface area contributed by atoms with Gasteiger partial charge in [0.2, 0.25) is 12.1 Å². The van der Waals surface area contributed by atoms with E-state index in [2.05, 4.69) is 9.88 Å². The van der Waals surface area contributed by atoms with Gasteiger partial charge in [0.25, 0.3) is 0 Å². The Balaban J connectivity index is 1.77. The maximum atomic E-state index is 11.0. The Kier molecular flexibility index (Phi) is 3.14. The average Bonchev–Trinajstić information content (AvgIpc) is 3.07. The number of hydrogen-bond donors (Lipinski definition) is 0. The molecule has 0 saturated carbocycles. The van der Waals surface area contributed by atoms with E-state index >= 15 is 0 Å². The van der Waals surface area contributed by atoms with Crippen molar-refractivity contribution in [2.75, 3.05) is 31.2 Å². The molecule has 2 saturated heterocycles. The standard InChI is InChI=1S/C12H18N4O3/c1-14-8-13-11(16(17)18)12(14)15-4-2-9(6-15)10-3-5-19-7-10/h8-10H,2-7H2,1H3. The lowest BCUT2D eigenvalue weighted by atomic mass is 9.91. The number of nitrogens with zero attached hydrogens (tertiary/aromatic N) is 4. The summed E-state index contributed by atoms with van der Waals surface area (Å²) in [4.78, 5) is 16.6. The van der Waals surface area contributed by atoms with Crippen molar-refractivity contribution >= 4 is 11.6 Å². The highest BCUT2D eigenvalue weighted by Crippen LogP contribution is 2.35. The van der Waals surface area contributed by atoms with Gasteiger partial charge < -0.3 is 19.8 Å². The van der Waals surface area contributed by atoms with Gasteiger partial charge in [-0.15, -0.1) is 0 Å². The van der Waals surface area contributed by atoms with Gasteiger partial charge in [0.05, 0.1) is 0 Å². The summed E-state index contributed by atoms with van der Waals surface area (Å²) in [5.74, 6) is 1.78. The molecular weight excluding hydrogens is 248 g/mol. The number of nitro groups is 1. The van der Waals surface area contributed by atoms with E-state index in [1.807, 2.05) is 0 Å². The fraction of sp³-hybridized carbons (Fsp3) is 0.750. The minimum absolute atomic E-state index is 0.0363. The second-order valence-electron chi connectivity index (χ2n) is 5.38. The van der Waals surface area contributed by atoms with Crippen molar-refractivity contribution in [3.8, 4) is 0 Å². The SMILES string of the molecule is Cn1cnc([N+](=O)[O-])c1N1CCC(C2CCOC2)C1. The summed E-state index contributed by atoms with van der Waals surface area (Å²) in [6.45, 7) is 3.43. The Labute approximate surface area is 111 Å². The molecule has 2 atom stereocenters. The molecule has 3 heterocycles. The second-order valence-corrected chi connectivity index (χ2v) is 5.38. The predicted octanol–water partition coefficient (Wildman–Crippen LogP) is 1.19. The van der Waals surface area contributed by atoms with Crippen molar-refractivity contribution in [2.24, 2.45) is 18.9 Å². The first-order valence-corrected chi connectivity index (χ1v) is 6.65. The Hall–Kier alpha value is -1.63. The maximum Gasteiger partial charge on any atom is 0.406 e. The van der Waals surface area contributed by atoms with Gasteiger partial charge in [-0.1, -0.05) is 0 Å². The Morgan fingerprint density at radius 3 is 3.00 bits per heavy atom. The van der Waals surface area contributed by atoms with E-state index in [-0.39, 0.29) is 5.82 Å². The normalized spacial score (nSPS) is 27.1. The summed E-state index contributed by atoms with van der Waals surface area (Å²) in [6, 6.07) is 0. The maximum absolute atomic E-state index is 11.0. The van der Waals surface area contributed by atoms with Crippen molar-refractivity contribution in [1.82, 2.24) is 9.55 Å². The minimum atomic E-state index is -0.401. The van der Waals surface area contributed by atoms with Crippen LogP contribution in [0.25, 0.3) is 0 Å². The fourth-order valence-electron chi connectivity index (χ4n) is 3.19. The molecule has 19 heavy (non-hydrogen) atoms. The van der Waals surface area contributed by atoms with Crippen molar-refractivity contribution in [3.05, 3.63) is 16.4 Å². The first-order valence-electron chi connectivity index (χ1n) is 6.65. The van der Waals surface area contributed by atoms with Gasteiger partial charge in [-0.25, -0.2) is 0 Å². The molecule has 2 aliphatic heterocycles. The summed E-state index contributed by atoms with van der Waals surface area (Å²) in [5, 5.41) is 11.0. The molecule has 0 radical (unpaired) electrons. The lowest BCUT2D eigenvalue weighted by Gasteiger charge is -2.19. The monoisotopic (exact) mass is 266 g/mol. The van der Waals surface area contributed by atoms with Crippen LogP contribution in [0.2, 0.25) is 0 Å². The Morgan fingerprint density at radius 1 is 1.47 bits per heavy atom. The smallest absolute Gasteiger partial charge is 0.381 e. The summed E-state index contributed by atoms with van der Waals surface area (Å²) in [7, 11) is 1.81. The Morgan fingerprint density at radius 2 is 2.32 bits per heavy atom. The number of ether oxygens (including phenoxy) is 1. The van der Waals surface area contributed by atoms with Crippen LogP contribution in [0.3, 0.4) is 0 Å². The van der Waals surface area contributed by atoms with Crippen LogP contribution >= 0.6 is 0 Å². The van der Waals surface area contributed by atoms with E-state index in [0.29, 0.717) is 17.7 Å². The van der Waals surface area contributed by atoms with Gasteiger partial charge in [0, 0.05) is 33.4 Å². The van der Waals surface area contributed by atoms with Gasteiger partial charge in [0.1, 0.15) is 0 Å². The van der Waals surface area contributed by atoms with Crippen LogP contribution in [-0.4, -0.2) is 40.8 Å². The van der Waals surface area contributed by atoms with E-state index in [9.17, 15) is 10.1 Å². The van der Waals surface area contributed by atoms with E-state index in [4.69, 9.17) is 4.74 Å². The molecule has 0 bridgehead atoms. The van der Waals surface area contributed by atoms with Crippen LogP contribution in [0.4, 0.5) is 11.6 Å². The quantitative estimate of drug-likeness (QED) is 0.607. The number of hydrogen-bond acceptors (Lipinski definition) is 5. The van der Waals surface area contributed by atoms with Crippen LogP contribution in [0.1, 0.15) is 12.8 Å². The second kappa shape index (κ2) is 4.80. The van der Waals surface area contributed by atoms with Crippen molar-refractivity contribution in [3.63, 3.8) is 0 Å². The molecule has 2 aliphatic rings. The van der Waals surface area contributed by atoms with Crippen LogP contribution < -0.4 is 4.90 Å². The largest absolute Gasteiger partial charge is 0.406 e. The fourth-order valence-corrected chi connectivity index (χ4v) is 3.19. The van der Waals surface area contributed by atoms with Crippen molar-refractivity contribution < 1.29 is 9.66 Å². The first kappa shape index (κ1) is 12.4. The summed E-state index contributed by atoms with van der Waals surface area (Å²) >= 11 is 0. The third kappa shape index (κ3) is 2.18. The summed E-state index contributed by atoms with van der Waals surface area (Å²) < 4.78 is 7.18. The zero-order chi connectivity index (χ0) is 13.4. The average molecular weight is 266 g/mol. The number of aromatic nitrogens is 2. The van der Waals surface area contributed by atoms with Gasteiger partial charge in [-0.3, -0.25) is 4.57 Å². The minimum Gasteiger partial charge on any atom is -0.381 e. The van der Waals surface area contributed by atoms with Crippen molar-refractivity contribution in [2.45, 2.75) is 12.8 Å². The predicted molar refractivity (Wildman–Crippen MR) is 69.1 cm³/mol. The molecule has 1 aromatic rings. The van der Waals surface area contributed by atoms with Gasteiger partial charge in [-0.05, 0) is 34.6 Å². The lowest BCUT2D eigenvalue weighted by Crippen LogP contribution is -2.25. The van der Waals surface area contributed by atoms with Crippen LogP contribution in [0.5, 0.6) is 0 Å². The molecular formula is C12H18N4O3. The zero-order valence-electron chi connectivity index (χ0n) is 11.0. The first-order chi connectivity index (χ1) is 9.16. The molecule has 1 aromatic heterocycles. The molecule has 2 unspecified atom stereocenters. The molecule has 0 spiro atoms. The number of imidazole rings is 1. The van der Waals surface area contributed by atoms with Gasteiger partial charge in [0.15, 0.2) is 0 Å². The molecule has 7 heteroatoms. The van der Waals surface area contributed by atoms with E-state index < -0.39 is 4.92 Å².